The largest absolute Gasteiger partial charge is 0.416 e. The molecule has 1 N–H and O–H groups in total. The lowest BCUT2D eigenvalue weighted by Crippen LogP contribution is -2.44. The summed E-state index contributed by atoms with van der Waals surface area (Å²) in [7, 11) is 0. The zero-order valence-corrected chi connectivity index (χ0v) is 27.2. The number of aromatic nitrogens is 1. The molecule has 12 heteroatoms. The van der Waals surface area contributed by atoms with Crippen LogP contribution in [0, 0.1) is 0 Å². The molecule has 4 aromatic rings. The Morgan fingerprint density at radius 3 is 2.27 bits per heavy atom. The van der Waals surface area contributed by atoms with Crippen molar-refractivity contribution in [2.45, 2.75) is 61.6 Å². The summed E-state index contributed by atoms with van der Waals surface area (Å²) in [6.45, 7) is 3.59. The van der Waals surface area contributed by atoms with E-state index in [1.807, 2.05) is 6.26 Å². The van der Waals surface area contributed by atoms with E-state index < -0.39 is 29.9 Å². The van der Waals surface area contributed by atoms with Crippen LogP contribution in [0.3, 0.4) is 0 Å². The van der Waals surface area contributed by atoms with Crippen LogP contribution in [0.5, 0.6) is 0 Å². The lowest BCUT2D eigenvalue weighted by Gasteiger charge is -2.37. The van der Waals surface area contributed by atoms with E-state index in [0.29, 0.717) is 35.6 Å². The van der Waals surface area contributed by atoms with Gasteiger partial charge in [-0.1, -0.05) is 42.5 Å². The number of alkyl halides is 6. The van der Waals surface area contributed by atoms with E-state index in [0.717, 1.165) is 43.0 Å². The van der Waals surface area contributed by atoms with Crippen molar-refractivity contribution in [3.63, 3.8) is 0 Å². The van der Waals surface area contributed by atoms with Crippen molar-refractivity contribution in [3.8, 4) is 11.3 Å². The first-order valence-electron chi connectivity index (χ1n) is 16.0. The van der Waals surface area contributed by atoms with Crippen LogP contribution in [-0.4, -0.2) is 65.3 Å². The second-order valence-electron chi connectivity index (χ2n) is 12.4. The fraction of sp³-hybridized carbons (Fsp3) is 0.389. The number of nitrogens with zero attached hydrogens (tertiary/aromatic N) is 3. The van der Waals surface area contributed by atoms with Crippen LogP contribution in [0.25, 0.3) is 22.2 Å². The highest BCUT2D eigenvalue weighted by Crippen LogP contribution is 2.38. The van der Waals surface area contributed by atoms with Gasteiger partial charge in [0, 0.05) is 34.0 Å². The molecule has 0 saturated carbocycles. The number of hydrogen-bond donors (Lipinski definition) is 1. The Balaban J connectivity index is 1.50. The van der Waals surface area contributed by atoms with Gasteiger partial charge in [-0.2, -0.15) is 26.3 Å². The monoisotopic (exact) mass is 686 g/mol. The number of pyridine rings is 1. The zero-order chi connectivity index (χ0) is 34.1. The van der Waals surface area contributed by atoms with Crippen molar-refractivity contribution in [2.75, 3.05) is 32.4 Å². The molecule has 5 nitrogen and oxygen atoms in total. The summed E-state index contributed by atoms with van der Waals surface area (Å²) in [5, 5.41) is 2.59. The molecule has 1 aromatic heterocycles. The van der Waals surface area contributed by atoms with Crippen molar-refractivity contribution in [2.24, 2.45) is 0 Å². The number of hydrogen-bond acceptors (Lipinski definition) is 5. The van der Waals surface area contributed by atoms with Crippen LogP contribution in [0.4, 0.5) is 26.3 Å². The van der Waals surface area contributed by atoms with E-state index in [9.17, 15) is 31.1 Å². The molecule has 6 rings (SSSR count). The molecular formula is C36H36F6N4OS. The summed E-state index contributed by atoms with van der Waals surface area (Å²) in [6.07, 6.45) is -3.51. The number of likely N-dealkylation sites (tertiary alicyclic amines) is 2. The Hall–Kier alpha value is -3.61. The SMILES string of the molecule is CSc1ccc2nc(-c3cccc(C(F)(F)F)c3)c(CN3CCC(N4CCCC4)CC3)c(C(=O)N[C@H](c3ccccc3)C(F)(F)F)c2c1. The Labute approximate surface area is 279 Å². The molecule has 3 heterocycles. The molecular weight excluding hydrogens is 650 g/mol. The molecule has 2 fully saturated rings. The summed E-state index contributed by atoms with van der Waals surface area (Å²) in [5.41, 5.74) is -0.173. The van der Waals surface area contributed by atoms with E-state index in [4.69, 9.17) is 4.98 Å². The van der Waals surface area contributed by atoms with Crippen molar-refractivity contribution >= 4 is 28.6 Å². The predicted octanol–water partition coefficient (Wildman–Crippen LogP) is 8.74. The number of thioether (sulfide) groups is 1. The number of carbonyl (C=O) groups is 1. The van der Waals surface area contributed by atoms with Gasteiger partial charge in [-0.05, 0) is 94.0 Å². The molecule has 3 aromatic carbocycles. The number of fused-ring (bicyclic) bond motifs is 1. The number of benzene rings is 3. The number of rotatable bonds is 8. The summed E-state index contributed by atoms with van der Waals surface area (Å²) in [5.74, 6) is -0.970. The minimum atomic E-state index is -4.81. The highest BCUT2D eigenvalue weighted by Gasteiger charge is 2.42. The van der Waals surface area contributed by atoms with E-state index in [1.165, 1.54) is 61.0 Å². The van der Waals surface area contributed by atoms with Gasteiger partial charge in [0.15, 0.2) is 6.04 Å². The van der Waals surface area contributed by atoms with Crippen LogP contribution in [0.2, 0.25) is 0 Å². The van der Waals surface area contributed by atoms with Gasteiger partial charge in [-0.25, -0.2) is 4.98 Å². The molecule has 1 atom stereocenters. The zero-order valence-electron chi connectivity index (χ0n) is 26.4. The molecule has 1 amide bonds. The van der Waals surface area contributed by atoms with Crippen molar-refractivity contribution in [3.05, 3.63) is 95.1 Å². The average molecular weight is 687 g/mol. The van der Waals surface area contributed by atoms with Gasteiger partial charge in [0.2, 0.25) is 0 Å². The molecule has 0 aliphatic carbocycles. The van der Waals surface area contributed by atoms with Crippen molar-refractivity contribution in [1.29, 1.82) is 0 Å². The molecule has 0 bridgehead atoms. The maximum absolute atomic E-state index is 14.5. The standard InChI is InChI=1S/C36H36F6N4OS/c1-48-27-12-13-30-28(21-27)31(34(47)44-33(36(40,41)42)23-8-3-2-4-9-23)29(22-45-18-14-26(15-19-45)46-16-5-6-17-46)32(43-30)24-10-7-11-25(20-24)35(37,38)39/h2-4,7-13,20-21,26,33H,5-6,14-19,22H2,1H3,(H,44,47)/t33-/m1/s1. The van der Waals surface area contributed by atoms with Gasteiger partial charge in [-0.3, -0.25) is 9.69 Å². The fourth-order valence-electron chi connectivity index (χ4n) is 6.88. The van der Waals surface area contributed by atoms with Gasteiger partial charge in [0.1, 0.15) is 0 Å². The van der Waals surface area contributed by atoms with Gasteiger partial charge in [0.05, 0.1) is 22.3 Å². The quantitative estimate of drug-likeness (QED) is 0.149. The van der Waals surface area contributed by atoms with E-state index in [2.05, 4.69) is 15.1 Å². The molecule has 2 aliphatic heterocycles. The molecule has 2 aliphatic rings. The first-order chi connectivity index (χ1) is 22.9. The second-order valence-corrected chi connectivity index (χ2v) is 13.3. The minimum Gasteiger partial charge on any atom is -0.337 e. The maximum atomic E-state index is 14.5. The van der Waals surface area contributed by atoms with E-state index >= 15 is 0 Å². The summed E-state index contributed by atoms with van der Waals surface area (Å²) in [6, 6.07) is 15.1. The van der Waals surface area contributed by atoms with Gasteiger partial charge >= 0.3 is 12.4 Å². The van der Waals surface area contributed by atoms with Crippen LogP contribution in [0.15, 0.2) is 77.7 Å². The number of nitrogens with one attached hydrogen (secondary N) is 1. The van der Waals surface area contributed by atoms with Gasteiger partial charge in [-0.15, -0.1) is 11.8 Å². The van der Waals surface area contributed by atoms with Crippen molar-refractivity contribution < 1.29 is 31.1 Å². The van der Waals surface area contributed by atoms with Crippen LogP contribution >= 0.6 is 11.8 Å². The van der Waals surface area contributed by atoms with Crippen LogP contribution < -0.4 is 5.32 Å². The first-order valence-corrected chi connectivity index (χ1v) is 17.2. The summed E-state index contributed by atoms with van der Waals surface area (Å²) >= 11 is 1.40. The maximum Gasteiger partial charge on any atom is 0.416 e. The lowest BCUT2D eigenvalue weighted by molar-refractivity contribution is -0.155. The molecule has 0 spiro atoms. The minimum absolute atomic E-state index is 0.0184. The molecule has 2 saturated heterocycles. The number of halogens is 6. The Kier molecular flexibility index (Phi) is 10.1. The molecule has 48 heavy (non-hydrogen) atoms. The fourth-order valence-corrected chi connectivity index (χ4v) is 7.32. The molecule has 254 valence electrons. The highest BCUT2D eigenvalue weighted by atomic mass is 32.2. The number of amides is 1. The highest BCUT2D eigenvalue weighted by molar-refractivity contribution is 7.98. The number of piperidine rings is 1. The third-order valence-corrected chi connectivity index (χ3v) is 10.0. The Morgan fingerprint density at radius 1 is 0.917 bits per heavy atom. The van der Waals surface area contributed by atoms with Crippen molar-refractivity contribution in [1.82, 2.24) is 20.1 Å². The van der Waals surface area contributed by atoms with Gasteiger partial charge < -0.3 is 10.2 Å². The van der Waals surface area contributed by atoms with Crippen LogP contribution in [-0.2, 0) is 12.7 Å². The summed E-state index contributed by atoms with van der Waals surface area (Å²) in [4.78, 5) is 24.5. The predicted molar refractivity (Wildman–Crippen MR) is 176 cm³/mol. The summed E-state index contributed by atoms with van der Waals surface area (Å²) < 4.78 is 85.1. The second kappa shape index (κ2) is 14.1. The Bertz CT molecular complexity index is 1750. The van der Waals surface area contributed by atoms with Crippen LogP contribution in [0.1, 0.15) is 58.8 Å². The normalized spacial score (nSPS) is 17.6. The third-order valence-electron chi connectivity index (χ3n) is 9.31. The van der Waals surface area contributed by atoms with E-state index in [1.54, 1.807) is 24.3 Å². The number of carbonyl (C=O) groups excluding carboxylic acids is 1. The third kappa shape index (κ3) is 7.50. The molecule has 0 unspecified atom stereocenters. The topological polar surface area (TPSA) is 48.5 Å². The Morgan fingerprint density at radius 2 is 1.62 bits per heavy atom. The first kappa shape index (κ1) is 34.3. The molecule has 0 radical (unpaired) electrons. The average Bonchev–Trinajstić information content (AvgIpc) is 3.62. The van der Waals surface area contributed by atoms with Gasteiger partial charge in [0.25, 0.3) is 5.91 Å². The smallest absolute Gasteiger partial charge is 0.337 e. The lowest BCUT2D eigenvalue weighted by atomic mass is 9.93. The van der Waals surface area contributed by atoms with E-state index in [-0.39, 0.29) is 28.9 Å².